The molecule has 0 aliphatic heterocycles. The third kappa shape index (κ3) is 4.46. The predicted octanol–water partition coefficient (Wildman–Crippen LogP) is 11.3. The summed E-state index contributed by atoms with van der Waals surface area (Å²) in [5, 5.41) is 25.9. The molecule has 0 fully saturated rings. The molecule has 0 bridgehead atoms. The van der Waals surface area contributed by atoms with E-state index in [4.69, 9.17) is 0 Å². The molecule has 0 unspecified atom stereocenters. The van der Waals surface area contributed by atoms with Gasteiger partial charge in [-0.2, -0.15) is 10.5 Å². The molecule has 214 valence electrons. The minimum atomic E-state index is 0.630. The highest BCUT2D eigenvalue weighted by atomic mass is 15.1. The molecule has 4 heteroatoms. The van der Waals surface area contributed by atoms with Gasteiger partial charge in [0, 0.05) is 33.5 Å². The molecule has 0 saturated heterocycles. The molecule has 0 aliphatic carbocycles. The zero-order valence-electron chi connectivity index (χ0n) is 24.8. The zero-order valence-corrected chi connectivity index (χ0v) is 24.8. The third-order valence-corrected chi connectivity index (χ3v) is 8.64. The third-order valence-electron chi connectivity index (χ3n) is 8.64. The van der Waals surface area contributed by atoms with Gasteiger partial charge in [-0.3, -0.25) is 0 Å². The van der Waals surface area contributed by atoms with Gasteiger partial charge in [0.15, 0.2) is 0 Å². The van der Waals surface area contributed by atoms with Crippen LogP contribution >= 0.6 is 0 Å². The van der Waals surface area contributed by atoms with Crippen LogP contribution in [0.15, 0.2) is 158 Å². The van der Waals surface area contributed by atoms with E-state index in [1.807, 2.05) is 60.7 Å². The molecule has 0 atom stereocenters. The van der Waals surface area contributed by atoms with Crippen LogP contribution in [-0.2, 0) is 0 Å². The maximum absolute atomic E-state index is 9.45. The predicted molar refractivity (Wildman–Crippen MR) is 189 cm³/mol. The van der Waals surface area contributed by atoms with E-state index in [1.54, 1.807) is 0 Å². The molecule has 4 nitrogen and oxygen atoms in total. The first-order valence-electron chi connectivity index (χ1n) is 15.1. The van der Waals surface area contributed by atoms with E-state index in [9.17, 15) is 10.5 Å². The molecule has 8 aromatic rings. The Hall–Kier alpha value is -6.62. The van der Waals surface area contributed by atoms with Crippen LogP contribution in [0.3, 0.4) is 0 Å². The molecule has 0 saturated carbocycles. The Morgan fingerprint density at radius 1 is 0.348 bits per heavy atom. The molecule has 8 rings (SSSR count). The van der Waals surface area contributed by atoms with E-state index in [2.05, 4.69) is 119 Å². The van der Waals surface area contributed by atoms with E-state index in [-0.39, 0.29) is 0 Å². The second kappa shape index (κ2) is 11.1. The Bertz CT molecular complexity index is 2240. The SMILES string of the molecule is N#Cc1ccc(N(c2ccccc2)c2ccc3ccc4c(N(c5ccccc5)c5ccc(C#N)cc5)ccc5ccc2c3c54)cc1. The Kier molecular flexibility index (Phi) is 6.53. The molecule has 8 aromatic carbocycles. The Morgan fingerprint density at radius 2 is 0.696 bits per heavy atom. The number of rotatable bonds is 6. The molecular formula is C42H26N4. The molecule has 0 radical (unpaired) electrons. The van der Waals surface area contributed by atoms with Gasteiger partial charge >= 0.3 is 0 Å². The van der Waals surface area contributed by atoms with Crippen molar-refractivity contribution in [2.45, 2.75) is 0 Å². The van der Waals surface area contributed by atoms with Gasteiger partial charge in [-0.25, -0.2) is 0 Å². The van der Waals surface area contributed by atoms with Crippen LogP contribution in [0.5, 0.6) is 0 Å². The summed E-state index contributed by atoms with van der Waals surface area (Å²) in [5.74, 6) is 0. The van der Waals surface area contributed by atoms with Gasteiger partial charge in [0.05, 0.1) is 34.6 Å². The fourth-order valence-electron chi connectivity index (χ4n) is 6.54. The lowest BCUT2D eigenvalue weighted by atomic mass is 9.91. The van der Waals surface area contributed by atoms with Crippen LogP contribution < -0.4 is 9.80 Å². The monoisotopic (exact) mass is 586 g/mol. The van der Waals surface area contributed by atoms with Gasteiger partial charge in [-0.15, -0.1) is 0 Å². The van der Waals surface area contributed by atoms with E-state index in [0.29, 0.717) is 11.1 Å². The first kappa shape index (κ1) is 27.0. The second-order valence-electron chi connectivity index (χ2n) is 11.3. The van der Waals surface area contributed by atoms with Crippen molar-refractivity contribution in [2.24, 2.45) is 0 Å². The van der Waals surface area contributed by atoms with Crippen LogP contribution in [0.4, 0.5) is 34.1 Å². The lowest BCUT2D eigenvalue weighted by molar-refractivity contribution is 1.29. The zero-order chi connectivity index (χ0) is 31.0. The summed E-state index contributed by atoms with van der Waals surface area (Å²) in [4.78, 5) is 4.53. The molecule has 0 heterocycles. The fraction of sp³-hybridized carbons (Fsp3) is 0. The van der Waals surface area contributed by atoms with Gasteiger partial charge in [0.1, 0.15) is 0 Å². The highest BCUT2D eigenvalue weighted by Gasteiger charge is 2.21. The van der Waals surface area contributed by atoms with Crippen molar-refractivity contribution >= 4 is 66.4 Å². The number of para-hydroxylation sites is 2. The number of benzene rings is 8. The number of hydrogen-bond donors (Lipinski definition) is 0. The molecular weight excluding hydrogens is 560 g/mol. The van der Waals surface area contributed by atoms with Gasteiger partial charge in [0.2, 0.25) is 0 Å². The maximum atomic E-state index is 9.45. The summed E-state index contributed by atoms with van der Waals surface area (Å²) in [5.41, 5.74) is 7.44. The van der Waals surface area contributed by atoms with E-state index < -0.39 is 0 Å². The lowest BCUT2D eigenvalue weighted by Gasteiger charge is -2.29. The van der Waals surface area contributed by atoms with Crippen molar-refractivity contribution in [3.05, 3.63) is 169 Å². The number of hydrogen-bond acceptors (Lipinski definition) is 4. The standard InChI is InChI=1S/C42H26N4/c43-27-29-11-19-35(20-12-29)45(33-7-3-1-4-8-33)39-25-17-31-16-24-38-40(26-18-32-15-23-37(39)41(31)42(32)38)46(34-9-5-2-6-10-34)36-21-13-30(28-44)14-22-36/h1-26H. The summed E-state index contributed by atoms with van der Waals surface area (Å²) in [6.07, 6.45) is 0. The highest BCUT2D eigenvalue weighted by molar-refractivity contribution is 6.28. The van der Waals surface area contributed by atoms with E-state index >= 15 is 0 Å². The first-order chi connectivity index (χ1) is 22.7. The number of anilines is 6. The van der Waals surface area contributed by atoms with Crippen LogP contribution in [0.25, 0.3) is 32.3 Å². The summed E-state index contributed by atoms with van der Waals surface area (Å²) in [6.45, 7) is 0. The van der Waals surface area contributed by atoms with Crippen molar-refractivity contribution in [1.82, 2.24) is 0 Å². The Labute approximate surface area is 267 Å². The van der Waals surface area contributed by atoms with Gasteiger partial charge in [0.25, 0.3) is 0 Å². The highest BCUT2D eigenvalue weighted by Crippen LogP contribution is 2.47. The van der Waals surface area contributed by atoms with Crippen LogP contribution in [0, 0.1) is 22.7 Å². The molecule has 46 heavy (non-hydrogen) atoms. The molecule has 0 amide bonds. The number of nitriles is 2. The van der Waals surface area contributed by atoms with Crippen LogP contribution in [-0.4, -0.2) is 0 Å². The minimum Gasteiger partial charge on any atom is -0.310 e. The average molecular weight is 587 g/mol. The summed E-state index contributed by atoms with van der Waals surface area (Å²) in [7, 11) is 0. The first-order valence-corrected chi connectivity index (χ1v) is 15.1. The Morgan fingerprint density at radius 3 is 1.07 bits per heavy atom. The smallest absolute Gasteiger partial charge is 0.0991 e. The molecule has 0 N–H and O–H groups in total. The topological polar surface area (TPSA) is 54.1 Å². The molecule has 0 spiro atoms. The van der Waals surface area contributed by atoms with Crippen molar-refractivity contribution in [1.29, 1.82) is 10.5 Å². The Balaban J connectivity index is 1.39. The van der Waals surface area contributed by atoms with Crippen molar-refractivity contribution in [3.63, 3.8) is 0 Å². The van der Waals surface area contributed by atoms with E-state index in [0.717, 1.165) is 44.9 Å². The molecule has 0 aliphatic rings. The van der Waals surface area contributed by atoms with Crippen LogP contribution in [0.2, 0.25) is 0 Å². The average Bonchev–Trinajstić information content (AvgIpc) is 3.13. The van der Waals surface area contributed by atoms with Gasteiger partial charge < -0.3 is 9.80 Å². The largest absolute Gasteiger partial charge is 0.310 e. The quantitative estimate of drug-likeness (QED) is 0.182. The van der Waals surface area contributed by atoms with Gasteiger partial charge in [-0.1, -0.05) is 72.8 Å². The summed E-state index contributed by atoms with van der Waals surface area (Å²) >= 11 is 0. The normalized spacial score (nSPS) is 11.0. The van der Waals surface area contributed by atoms with Crippen molar-refractivity contribution in [3.8, 4) is 12.1 Å². The van der Waals surface area contributed by atoms with Gasteiger partial charge in [-0.05, 0) is 106 Å². The minimum absolute atomic E-state index is 0.630. The summed E-state index contributed by atoms with van der Waals surface area (Å²) in [6, 6.07) is 58.4. The van der Waals surface area contributed by atoms with Crippen molar-refractivity contribution in [2.75, 3.05) is 9.80 Å². The fourth-order valence-corrected chi connectivity index (χ4v) is 6.54. The second-order valence-corrected chi connectivity index (χ2v) is 11.3. The molecule has 0 aromatic heterocycles. The maximum Gasteiger partial charge on any atom is 0.0991 e. The number of nitrogens with zero attached hydrogens (tertiary/aromatic N) is 4. The van der Waals surface area contributed by atoms with Crippen LogP contribution in [0.1, 0.15) is 11.1 Å². The lowest BCUT2D eigenvalue weighted by Crippen LogP contribution is -2.11. The summed E-state index contributed by atoms with van der Waals surface area (Å²) < 4.78 is 0. The van der Waals surface area contributed by atoms with Crippen molar-refractivity contribution < 1.29 is 0 Å². The van der Waals surface area contributed by atoms with E-state index in [1.165, 1.54) is 21.5 Å².